The van der Waals surface area contributed by atoms with E-state index in [-0.39, 0.29) is 12.5 Å². The van der Waals surface area contributed by atoms with Crippen LogP contribution in [-0.4, -0.2) is 140 Å². The highest BCUT2D eigenvalue weighted by Gasteiger charge is 2.51. The molecule has 12 unspecified atom stereocenters. The first kappa shape index (κ1) is 72.3. The first-order valence-electron chi connectivity index (χ1n) is 31.3. The average Bonchev–Trinajstić information content (AvgIpc) is 3.55. The normalized spacial score (nSPS) is 25.0. The van der Waals surface area contributed by atoms with Gasteiger partial charge < -0.3 is 65.1 Å². The number of nitrogens with one attached hydrogen (secondary N) is 1. The second kappa shape index (κ2) is 49.8. The standard InChI is InChI=1S/C65H113NO13/c1-3-5-7-9-11-13-15-17-19-20-21-22-23-24-25-26-27-28-29-30-31-32-33-34-35-37-39-41-43-45-47-49-57(70)66-53(54(69)48-46-44-42-40-38-36-18-16-14-12-10-8-6-4-2)52-76-64-62(75)60(73)63(56(51-68)78-64)79-65-61(74)59(72)58(71)55(50-67)77-65/h5,7,11,13,17,19,21-22,24-25,27-28,30-31,53-56,58-65,67-69,71-75H,3-4,6,8-10,12,14-16,18,20,23,26,29,32-52H2,1-2H3,(H,66,70)/b7-5-,13-11-,19-17-,22-21-,25-24-,28-27-,31-30-. The van der Waals surface area contributed by atoms with Gasteiger partial charge in [-0.05, 0) is 70.6 Å². The Balaban J connectivity index is 1.69. The van der Waals surface area contributed by atoms with Crippen molar-refractivity contribution < 1.29 is 64.6 Å². The van der Waals surface area contributed by atoms with E-state index in [0.717, 1.165) is 96.3 Å². The quantitative estimate of drug-likeness (QED) is 0.0204. The van der Waals surface area contributed by atoms with E-state index in [1.165, 1.54) is 96.3 Å². The lowest BCUT2D eigenvalue weighted by Crippen LogP contribution is -2.65. The number of unbranched alkanes of at least 4 members (excludes halogenated alkanes) is 22. The zero-order chi connectivity index (χ0) is 57.4. The molecule has 2 aliphatic heterocycles. The molecule has 0 saturated carbocycles. The summed E-state index contributed by atoms with van der Waals surface area (Å²) in [6, 6.07) is -0.837. The van der Waals surface area contributed by atoms with E-state index in [1.54, 1.807) is 0 Å². The molecular formula is C65H113NO13. The van der Waals surface area contributed by atoms with E-state index in [1.807, 2.05) is 0 Å². The van der Waals surface area contributed by atoms with Crippen LogP contribution >= 0.6 is 0 Å². The predicted octanol–water partition coefficient (Wildman–Crippen LogP) is 11.3. The van der Waals surface area contributed by atoms with Crippen molar-refractivity contribution in [2.75, 3.05) is 19.8 Å². The number of aliphatic hydroxyl groups is 8. The van der Waals surface area contributed by atoms with Gasteiger partial charge in [0, 0.05) is 6.42 Å². The molecule has 456 valence electrons. The van der Waals surface area contributed by atoms with Crippen molar-refractivity contribution in [2.24, 2.45) is 0 Å². The average molecular weight is 1120 g/mol. The number of carbonyl (C=O) groups is 1. The maximum absolute atomic E-state index is 13.3. The Kier molecular flexibility index (Phi) is 45.5. The molecule has 0 aliphatic carbocycles. The molecule has 0 aromatic heterocycles. The monoisotopic (exact) mass is 1120 g/mol. The van der Waals surface area contributed by atoms with Gasteiger partial charge in [0.1, 0.15) is 48.8 Å². The molecule has 0 aromatic carbocycles. The van der Waals surface area contributed by atoms with Crippen LogP contribution in [0.1, 0.15) is 226 Å². The lowest BCUT2D eigenvalue weighted by Gasteiger charge is -2.46. The Morgan fingerprint density at radius 1 is 0.468 bits per heavy atom. The molecular weight excluding hydrogens is 1000 g/mol. The summed E-state index contributed by atoms with van der Waals surface area (Å²) in [5.74, 6) is -0.216. The molecule has 2 heterocycles. The number of rotatable bonds is 49. The molecule has 14 heteroatoms. The number of aliphatic hydroxyl groups excluding tert-OH is 8. The zero-order valence-corrected chi connectivity index (χ0v) is 49.1. The molecule has 79 heavy (non-hydrogen) atoms. The van der Waals surface area contributed by atoms with Crippen LogP contribution in [0, 0.1) is 0 Å². The van der Waals surface area contributed by atoms with E-state index in [4.69, 9.17) is 18.9 Å². The van der Waals surface area contributed by atoms with Crippen LogP contribution in [-0.2, 0) is 23.7 Å². The highest BCUT2D eigenvalue weighted by Crippen LogP contribution is 2.30. The van der Waals surface area contributed by atoms with Crippen LogP contribution in [0.2, 0.25) is 0 Å². The van der Waals surface area contributed by atoms with E-state index >= 15 is 0 Å². The molecule has 2 fully saturated rings. The number of allylic oxidation sites excluding steroid dienone is 14. The molecule has 12 atom stereocenters. The summed E-state index contributed by atoms with van der Waals surface area (Å²) in [5.41, 5.74) is 0. The molecule has 0 spiro atoms. The van der Waals surface area contributed by atoms with Gasteiger partial charge in [-0.25, -0.2) is 0 Å². The third-order valence-corrected chi connectivity index (χ3v) is 14.9. The summed E-state index contributed by atoms with van der Waals surface area (Å²) in [7, 11) is 0. The van der Waals surface area contributed by atoms with Crippen LogP contribution in [0.25, 0.3) is 0 Å². The molecule has 2 aliphatic rings. The molecule has 0 aromatic rings. The fourth-order valence-electron chi connectivity index (χ4n) is 9.86. The van der Waals surface area contributed by atoms with Gasteiger partial charge in [0.25, 0.3) is 0 Å². The van der Waals surface area contributed by atoms with Gasteiger partial charge in [-0.15, -0.1) is 0 Å². The number of ether oxygens (including phenoxy) is 4. The minimum atomic E-state index is -1.79. The van der Waals surface area contributed by atoms with Crippen molar-refractivity contribution in [3.8, 4) is 0 Å². The zero-order valence-electron chi connectivity index (χ0n) is 49.1. The summed E-state index contributed by atoms with van der Waals surface area (Å²) >= 11 is 0. The summed E-state index contributed by atoms with van der Waals surface area (Å²) in [6.45, 7) is 2.74. The lowest BCUT2D eigenvalue weighted by molar-refractivity contribution is -0.359. The number of hydrogen-bond acceptors (Lipinski definition) is 13. The van der Waals surface area contributed by atoms with Crippen molar-refractivity contribution in [3.05, 3.63) is 85.1 Å². The highest BCUT2D eigenvalue weighted by molar-refractivity contribution is 5.76. The Hall–Kier alpha value is -2.83. The van der Waals surface area contributed by atoms with Gasteiger partial charge in [0.05, 0.1) is 32.0 Å². The number of amides is 1. The molecule has 2 saturated heterocycles. The van der Waals surface area contributed by atoms with Gasteiger partial charge in [0.2, 0.25) is 5.91 Å². The SMILES string of the molecule is CC/C=C\C/C=C\C/C=C\C/C=C\C/C=C\C/C=C\C/C=C\CCCCCCCCCCCC(=O)NC(COC1OC(CO)C(OC2OC(CO)C(O)C(O)C2O)C(O)C1O)C(O)CCCCCCCCCCCCCCCC. The van der Waals surface area contributed by atoms with E-state index < -0.39 is 86.8 Å². The lowest BCUT2D eigenvalue weighted by atomic mass is 9.97. The Bertz CT molecular complexity index is 1650. The Labute approximate surface area is 478 Å². The largest absolute Gasteiger partial charge is 0.394 e. The van der Waals surface area contributed by atoms with E-state index in [0.29, 0.717) is 19.3 Å². The summed E-state index contributed by atoms with van der Waals surface area (Å²) < 4.78 is 22.8. The minimum absolute atomic E-state index is 0.216. The van der Waals surface area contributed by atoms with Crippen LogP contribution < -0.4 is 5.32 Å². The smallest absolute Gasteiger partial charge is 0.220 e. The summed E-state index contributed by atoms with van der Waals surface area (Å²) in [4.78, 5) is 13.3. The number of carbonyl (C=O) groups excluding carboxylic acids is 1. The third-order valence-electron chi connectivity index (χ3n) is 14.9. The second-order valence-corrected chi connectivity index (χ2v) is 21.8. The van der Waals surface area contributed by atoms with Crippen LogP contribution in [0.5, 0.6) is 0 Å². The predicted molar refractivity (Wildman–Crippen MR) is 318 cm³/mol. The van der Waals surface area contributed by atoms with Crippen molar-refractivity contribution in [1.82, 2.24) is 5.32 Å². The fourth-order valence-corrected chi connectivity index (χ4v) is 9.86. The molecule has 1 amide bonds. The third kappa shape index (κ3) is 35.0. The van der Waals surface area contributed by atoms with Crippen molar-refractivity contribution >= 4 is 5.91 Å². The molecule has 9 N–H and O–H groups in total. The maximum Gasteiger partial charge on any atom is 0.220 e. The van der Waals surface area contributed by atoms with Crippen LogP contribution in [0.15, 0.2) is 85.1 Å². The van der Waals surface area contributed by atoms with Crippen molar-refractivity contribution in [2.45, 2.75) is 299 Å². The van der Waals surface area contributed by atoms with Gasteiger partial charge in [-0.2, -0.15) is 0 Å². The van der Waals surface area contributed by atoms with Gasteiger partial charge in [-0.1, -0.05) is 234 Å². The van der Waals surface area contributed by atoms with Gasteiger partial charge in [-0.3, -0.25) is 4.79 Å². The van der Waals surface area contributed by atoms with Gasteiger partial charge >= 0.3 is 0 Å². The maximum atomic E-state index is 13.3. The second-order valence-electron chi connectivity index (χ2n) is 21.8. The number of hydrogen-bond donors (Lipinski definition) is 9. The molecule has 14 nitrogen and oxygen atoms in total. The first-order valence-corrected chi connectivity index (χ1v) is 31.3. The molecule has 0 bridgehead atoms. The van der Waals surface area contributed by atoms with Gasteiger partial charge in [0.15, 0.2) is 12.6 Å². The Morgan fingerprint density at radius 3 is 1.34 bits per heavy atom. The van der Waals surface area contributed by atoms with E-state index in [9.17, 15) is 45.6 Å². The highest BCUT2D eigenvalue weighted by atomic mass is 16.7. The van der Waals surface area contributed by atoms with Crippen molar-refractivity contribution in [1.29, 1.82) is 0 Å². The topological polar surface area (TPSA) is 228 Å². The van der Waals surface area contributed by atoms with Crippen molar-refractivity contribution in [3.63, 3.8) is 0 Å². The first-order chi connectivity index (χ1) is 38.6. The van der Waals surface area contributed by atoms with Crippen LogP contribution in [0.4, 0.5) is 0 Å². The van der Waals surface area contributed by atoms with E-state index in [2.05, 4.69) is 104 Å². The van der Waals surface area contributed by atoms with Crippen LogP contribution in [0.3, 0.4) is 0 Å². The summed E-state index contributed by atoms with van der Waals surface area (Å²) in [5, 5.41) is 87.3. The Morgan fingerprint density at radius 2 is 0.873 bits per heavy atom. The summed E-state index contributed by atoms with van der Waals surface area (Å²) in [6.07, 6.45) is 50.1. The fraction of sp³-hybridized carbons (Fsp3) is 0.769. The molecule has 2 rings (SSSR count). The molecule has 0 radical (unpaired) electrons. The minimum Gasteiger partial charge on any atom is -0.394 e.